The van der Waals surface area contributed by atoms with Gasteiger partial charge in [0.1, 0.15) is 4.91 Å². The van der Waals surface area contributed by atoms with Gasteiger partial charge in [0.2, 0.25) is 15.6 Å². The molecule has 0 bridgehead atoms. The summed E-state index contributed by atoms with van der Waals surface area (Å²) >= 11 is 0. The number of benzene rings is 3. The van der Waals surface area contributed by atoms with E-state index in [2.05, 4.69) is 0 Å². The number of carbonyl (C=O) groups is 1. The lowest BCUT2D eigenvalue weighted by molar-refractivity contribution is 0.104. The first-order valence-electron chi connectivity index (χ1n) is 8.17. The average Bonchev–Trinajstić information content (AvgIpc) is 2.67. The minimum absolute atomic E-state index is 0.106. The highest BCUT2D eigenvalue weighted by atomic mass is 32.2. The molecule has 3 aromatic rings. The van der Waals surface area contributed by atoms with Gasteiger partial charge in [0.15, 0.2) is 0 Å². The van der Waals surface area contributed by atoms with Crippen molar-refractivity contribution in [3.8, 4) is 0 Å². The van der Waals surface area contributed by atoms with Crippen LogP contribution in [0.5, 0.6) is 0 Å². The Hall–Kier alpha value is -2.98. The number of allylic oxidation sites excluding steroid dienone is 1. The van der Waals surface area contributed by atoms with Gasteiger partial charge in [-0.1, -0.05) is 78.4 Å². The molecule has 4 heteroatoms. The number of rotatable bonds is 5. The summed E-state index contributed by atoms with van der Waals surface area (Å²) in [7, 11) is -3.95. The van der Waals surface area contributed by atoms with Crippen LogP contribution in [0.3, 0.4) is 0 Å². The molecule has 3 aromatic carbocycles. The molecule has 0 heterocycles. The van der Waals surface area contributed by atoms with E-state index in [0.29, 0.717) is 11.1 Å². The molecule has 0 aliphatic heterocycles. The third-order valence-electron chi connectivity index (χ3n) is 3.98. The summed E-state index contributed by atoms with van der Waals surface area (Å²) in [4.78, 5) is 12.9. The minimum Gasteiger partial charge on any atom is -0.288 e. The van der Waals surface area contributed by atoms with Crippen molar-refractivity contribution in [1.29, 1.82) is 0 Å². The fourth-order valence-corrected chi connectivity index (χ4v) is 3.94. The number of aryl methyl sites for hydroxylation is 1. The molecule has 26 heavy (non-hydrogen) atoms. The van der Waals surface area contributed by atoms with Crippen LogP contribution in [-0.4, -0.2) is 14.2 Å². The first kappa shape index (κ1) is 17.8. The van der Waals surface area contributed by atoms with Crippen molar-refractivity contribution in [3.63, 3.8) is 0 Å². The first-order chi connectivity index (χ1) is 12.5. The van der Waals surface area contributed by atoms with Gasteiger partial charge >= 0.3 is 0 Å². The lowest BCUT2D eigenvalue weighted by atomic mass is 10.1. The smallest absolute Gasteiger partial charge is 0.210 e. The number of hydrogen-bond acceptors (Lipinski definition) is 3. The van der Waals surface area contributed by atoms with Crippen LogP contribution in [0.2, 0.25) is 0 Å². The van der Waals surface area contributed by atoms with E-state index in [0.717, 1.165) is 5.56 Å². The third kappa shape index (κ3) is 3.81. The summed E-state index contributed by atoms with van der Waals surface area (Å²) in [5.74, 6) is -0.518. The predicted octanol–water partition coefficient (Wildman–Crippen LogP) is 4.69. The Balaban J connectivity index is 2.16. The Labute approximate surface area is 153 Å². The van der Waals surface area contributed by atoms with Crippen LogP contribution >= 0.6 is 0 Å². The Morgan fingerprint density at radius 2 is 1.31 bits per heavy atom. The van der Waals surface area contributed by atoms with Gasteiger partial charge in [-0.2, -0.15) is 0 Å². The highest BCUT2D eigenvalue weighted by Crippen LogP contribution is 2.25. The van der Waals surface area contributed by atoms with E-state index < -0.39 is 15.6 Å². The standard InChI is InChI=1S/C22H18O3S/c1-17-12-14-20(15-13-17)26(24,25)21(16-18-8-4-2-5-9-18)22(23)19-10-6-3-7-11-19/h2-16H,1H3. The SMILES string of the molecule is Cc1ccc(S(=O)(=O)C(=Cc2ccccc2)C(=O)c2ccccc2)cc1. The maximum absolute atomic E-state index is 13.2. The molecule has 0 fully saturated rings. The van der Waals surface area contributed by atoms with Gasteiger partial charge in [0.25, 0.3) is 0 Å². The molecule has 0 aliphatic carbocycles. The second-order valence-electron chi connectivity index (χ2n) is 5.93. The van der Waals surface area contributed by atoms with Crippen LogP contribution < -0.4 is 0 Å². The Bertz CT molecular complexity index is 1030. The zero-order valence-electron chi connectivity index (χ0n) is 14.3. The Kier molecular flexibility index (Phi) is 5.14. The van der Waals surface area contributed by atoms with Crippen LogP contribution in [0.1, 0.15) is 21.5 Å². The minimum atomic E-state index is -3.95. The van der Waals surface area contributed by atoms with E-state index in [4.69, 9.17) is 0 Å². The fraction of sp³-hybridized carbons (Fsp3) is 0.0455. The zero-order chi connectivity index (χ0) is 18.6. The van der Waals surface area contributed by atoms with Gasteiger partial charge in [-0.25, -0.2) is 8.42 Å². The van der Waals surface area contributed by atoms with Crippen molar-refractivity contribution in [3.05, 3.63) is 107 Å². The Morgan fingerprint density at radius 3 is 1.88 bits per heavy atom. The number of Topliss-reactive ketones (excluding diaryl/α,β-unsaturated/α-hetero) is 1. The van der Waals surface area contributed by atoms with E-state index >= 15 is 0 Å². The fourth-order valence-electron chi connectivity index (χ4n) is 2.54. The van der Waals surface area contributed by atoms with Crippen LogP contribution in [0.25, 0.3) is 6.08 Å². The summed E-state index contributed by atoms with van der Waals surface area (Å²) in [6, 6.07) is 23.9. The summed E-state index contributed by atoms with van der Waals surface area (Å²) < 4.78 is 26.3. The van der Waals surface area contributed by atoms with Crippen LogP contribution in [0.15, 0.2) is 94.7 Å². The van der Waals surface area contributed by atoms with Crippen LogP contribution in [0, 0.1) is 6.92 Å². The number of ketones is 1. The molecule has 0 N–H and O–H groups in total. The van der Waals surface area contributed by atoms with Crippen molar-refractivity contribution in [1.82, 2.24) is 0 Å². The highest BCUT2D eigenvalue weighted by molar-refractivity contribution is 7.96. The molecular formula is C22H18O3S. The highest BCUT2D eigenvalue weighted by Gasteiger charge is 2.27. The van der Waals surface area contributed by atoms with E-state index in [1.165, 1.54) is 18.2 Å². The molecule has 130 valence electrons. The summed E-state index contributed by atoms with van der Waals surface area (Å²) in [5, 5.41) is 0. The quantitative estimate of drug-likeness (QED) is 0.489. The van der Waals surface area contributed by atoms with Crippen LogP contribution in [-0.2, 0) is 9.84 Å². The first-order valence-corrected chi connectivity index (χ1v) is 9.65. The van der Waals surface area contributed by atoms with Crippen molar-refractivity contribution < 1.29 is 13.2 Å². The normalized spacial score (nSPS) is 12.0. The molecule has 0 unspecified atom stereocenters. The van der Waals surface area contributed by atoms with E-state index in [-0.39, 0.29) is 9.80 Å². The Morgan fingerprint density at radius 1 is 0.769 bits per heavy atom. The van der Waals surface area contributed by atoms with Gasteiger partial charge in [-0.15, -0.1) is 0 Å². The second kappa shape index (κ2) is 7.50. The van der Waals surface area contributed by atoms with Gasteiger partial charge in [-0.3, -0.25) is 4.79 Å². The molecule has 0 saturated carbocycles. The number of carbonyl (C=O) groups excluding carboxylic acids is 1. The average molecular weight is 362 g/mol. The lowest BCUT2D eigenvalue weighted by Crippen LogP contribution is -2.14. The second-order valence-corrected chi connectivity index (χ2v) is 7.85. The molecular weight excluding hydrogens is 344 g/mol. The molecule has 0 amide bonds. The maximum Gasteiger partial charge on any atom is 0.210 e. The van der Waals surface area contributed by atoms with E-state index in [1.807, 2.05) is 13.0 Å². The lowest BCUT2D eigenvalue weighted by Gasteiger charge is -2.10. The molecule has 0 radical (unpaired) electrons. The number of sulfone groups is 1. The van der Waals surface area contributed by atoms with Crippen molar-refractivity contribution in [2.45, 2.75) is 11.8 Å². The maximum atomic E-state index is 13.2. The van der Waals surface area contributed by atoms with Gasteiger partial charge in [0.05, 0.1) is 4.90 Å². The summed E-state index contributed by atoms with van der Waals surface area (Å²) in [6.07, 6.45) is 1.44. The molecule has 0 aliphatic rings. The van der Waals surface area contributed by atoms with Crippen LogP contribution in [0.4, 0.5) is 0 Å². The van der Waals surface area contributed by atoms with Crippen molar-refractivity contribution in [2.24, 2.45) is 0 Å². The molecule has 0 atom stereocenters. The van der Waals surface area contributed by atoms with Crippen molar-refractivity contribution >= 4 is 21.7 Å². The summed E-state index contributed by atoms with van der Waals surface area (Å²) in [6.45, 7) is 1.88. The largest absolute Gasteiger partial charge is 0.288 e. The van der Waals surface area contributed by atoms with Gasteiger partial charge < -0.3 is 0 Å². The van der Waals surface area contributed by atoms with E-state index in [1.54, 1.807) is 66.7 Å². The zero-order valence-corrected chi connectivity index (χ0v) is 15.1. The van der Waals surface area contributed by atoms with Gasteiger partial charge in [0, 0.05) is 5.56 Å². The van der Waals surface area contributed by atoms with Crippen molar-refractivity contribution in [2.75, 3.05) is 0 Å². The van der Waals surface area contributed by atoms with Gasteiger partial charge in [-0.05, 0) is 30.7 Å². The molecule has 3 nitrogen and oxygen atoms in total. The molecule has 0 spiro atoms. The monoisotopic (exact) mass is 362 g/mol. The summed E-state index contributed by atoms with van der Waals surface area (Å²) in [5.41, 5.74) is 1.94. The number of hydrogen-bond donors (Lipinski definition) is 0. The molecule has 3 rings (SSSR count). The predicted molar refractivity (Wildman–Crippen MR) is 104 cm³/mol. The molecule has 0 saturated heterocycles. The molecule has 0 aromatic heterocycles. The van der Waals surface area contributed by atoms with E-state index in [9.17, 15) is 13.2 Å². The third-order valence-corrected chi connectivity index (χ3v) is 5.75. The topological polar surface area (TPSA) is 51.2 Å².